The van der Waals surface area contributed by atoms with E-state index >= 15 is 0 Å². The zero-order chi connectivity index (χ0) is 13.7. The van der Waals surface area contributed by atoms with Gasteiger partial charge in [0.15, 0.2) is 0 Å². The molecular formula is C17H27NO. The first kappa shape index (κ1) is 14.4. The number of nitrogens with one attached hydrogen (secondary N) is 1. The van der Waals surface area contributed by atoms with Gasteiger partial charge in [0, 0.05) is 17.6 Å². The SMILES string of the molecule is CCCC1CCC(NC(C)c2ccccc2O)CC1. The largest absolute Gasteiger partial charge is 0.508 e. The van der Waals surface area contributed by atoms with E-state index in [4.69, 9.17) is 0 Å². The van der Waals surface area contributed by atoms with Crippen LogP contribution in [0.4, 0.5) is 0 Å². The Morgan fingerprint density at radius 1 is 1.21 bits per heavy atom. The lowest BCUT2D eigenvalue weighted by Gasteiger charge is -2.31. The molecule has 1 unspecified atom stereocenters. The zero-order valence-electron chi connectivity index (χ0n) is 12.2. The summed E-state index contributed by atoms with van der Waals surface area (Å²) in [6.45, 7) is 4.43. The molecule has 0 saturated heterocycles. The minimum absolute atomic E-state index is 0.230. The fourth-order valence-corrected chi connectivity index (χ4v) is 3.32. The van der Waals surface area contributed by atoms with Crippen LogP contribution in [0.1, 0.15) is 64.0 Å². The summed E-state index contributed by atoms with van der Waals surface area (Å²) in [5.74, 6) is 1.35. The van der Waals surface area contributed by atoms with Gasteiger partial charge in [0.05, 0.1) is 0 Å². The molecule has 2 rings (SSSR count). The van der Waals surface area contributed by atoms with Crippen molar-refractivity contribution in [1.29, 1.82) is 0 Å². The molecule has 0 aromatic heterocycles. The lowest BCUT2D eigenvalue weighted by atomic mass is 9.83. The number of hydrogen-bond donors (Lipinski definition) is 2. The van der Waals surface area contributed by atoms with Gasteiger partial charge in [0.1, 0.15) is 5.75 Å². The van der Waals surface area contributed by atoms with Gasteiger partial charge in [-0.1, -0.05) is 38.0 Å². The number of hydrogen-bond acceptors (Lipinski definition) is 2. The Morgan fingerprint density at radius 2 is 1.89 bits per heavy atom. The van der Waals surface area contributed by atoms with Gasteiger partial charge in [-0.2, -0.15) is 0 Å². The lowest BCUT2D eigenvalue weighted by molar-refractivity contribution is 0.265. The Kier molecular flexibility index (Phi) is 5.26. The number of para-hydroxylation sites is 1. The molecule has 0 bridgehead atoms. The summed E-state index contributed by atoms with van der Waals surface area (Å²) < 4.78 is 0. The highest BCUT2D eigenvalue weighted by molar-refractivity contribution is 5.34. The number of aromatic hydroxyl groups is 1. The quantitative estimate of drug-likeness (QED) is 0.823. The zero-order valence-corrected chi connectivity index (χ0v) is 12.2. The molecule has 1 fully saturated rings. The van der Waals surface area contributed by atoms with Crippen LogP contribution in [-0.2, 0) is 0 Å². The van der Waals surface area contributed by atoms with Gasteiger partial charge in [-0.05, 0) is 44.6 Å². The van der Waals surface area contributed by atoms with Crippen LogP contribution in [0.25, 0.3) is 0 Å². The Labute approximate surface area is 117 Å². The van der Waals surface area contributed by atoms with Gasteiger partial charge in [-0.25, -0.2) is 0 Å². The lowest BCUT2D eigenvalue weighted by Crippen LogP contribution is -2.35. The summed E-state index contributed by atoms with van der Waals surface area (Å²) in [7, 11) is 0. The molecule has 1 aliphatic rings. The van der Waals surface area contributed by atoms with Crippen LogP contribution in [0.3, 0.4) is 0 Å². The summed E-state index contributed by atoms with van der Waals surface area (Å²) in [6, 6.07) is 8.49. The van der Waals surface area contributed by atoms with Gasteiger partial charge >= 0.3 is 0 Å². The predicted molar refractivity (Wildman–Crippen MR) is 80.3 cm³/mol. The molecule has 1 saturated carbocycles. The third-order valence-electron chi connectivity index (χ3n) is 4.43. The van der Waals surface area contributed by atoms with Crippen molar-refractivity contribution in [2.24, 2.45) is 5.92 Å². The Hall–Kier alpha value is -1.02. The van der Waals surface area contributed by atoms with E-state index in [0.29, 0.717) is 11.8 Å². The molecule has 106 valence electrons. The van der Waals surface area contributed by atoms with E-state index in [9.17, 15) is 5.11 Å². The van der Waals surface area contributed by atoms with E-state index in [2.05, 4.69) is 19.2 Å². The normalized spacial score (nSPS) is 25.2. The molecule has 0 aliphatic heterocycles. The maximum atomic E-state index is 9.88. The number of phenolic OH excluding ortho intramolecular Hbond substituents is 1. The van der Waals surface area contributed by atoms with Crippen molar-refractivity contribution in [2.75, 3.05) is 0 Å². The fraction of sp³-hybridized carbons (Fsp3) is 0.647. The molecular weight excluding hydrogens is 234 g/mol. The van der Waals surface area contributed by atoms with Crippen molar-refractivity contribution in [3.05, 3.63) is 29.8 Å². The van der Waals surface area contributed by atoms with E-state index in [1.54, 1.807) is 6.07 Å². The minimum Gasteiger partial charge on any atom is -0.508 e. The van der Waals surface area contributed by atoms with Gasteiger partial charge < -0.3 is 10.4 Å². The van der Waals surface area contributed by atoms with Crippen LogP contribution in [0.15, 0.2) is 24.3 Å². The van der Waals surface area contributed by atoms with E-state index < -0.39 is 0 Å². The van der Waals surface area contributed by atoms with Crippen LogP contribution in [0.5, 0.6) is 5.75 Å². The second-order valence-corrected chi connectivity index (χ2v) is 5.95. The van der Waals surface area contributed by atoms with Crippen LogP contribution in [-0.4, -0.2) is 11.1 Å². The van der Waals surface area contributed by atoms with Crippen LogP contribution in [0, 0.1) is 5.92 Å². The van der Waals surface area contributed by atoms with Gasteiger partial charge in [0.2, 0.25) is 0 Å². The smallest absolute Gasteiger partial charge is 0.120 e. The van der Waals surface area contributed by atoms with Crippen molar-refractivity contribution < 1.29 is 5.11 Å². The van der Waals surface area contributed by atoms with Gasteiger partial charge in [-0.15, -0.1) is 0 Å². The highest BCUT2D eigenvalue weighted by Gasteiger charge is 2.22. The number of rotatable bonds is 5. The molecule has 1 aromatic carbocycles. The first-order valence-corrected chi connectivity index (χ1v) is 7.74. The van der Waals surface area contributed by atoms with Crippen LogP contribution >= 0.6 is 0 Å². The molecule has 2 N–H and O–H groups in total. The topological polar surface area (TPSA) is 32.3 Å². The average molecular weight is 261 g/mol. The summed E-state index contributed by atoms with van der Waals surface area (Å²) >= 11 is 0. The average Bonchev–Trinajstić information content (AvgIpc) is 2.42. The maximum absolute atomic E-state index is 9.88. The van der Waals surface area contributed by atoms with Crippen molar-refractivity contribution in [1.82, 2.24) is 5.32 Å². The third kappa shape index (κ3) is 3.97. The molecule has 0 spiro atoms. The van der Waals surface area contributed by atoms with E-state index in [1.165, 1.54) is 38.5 Å². The second-order valence-electron chi connectivity index (χ2n) is 5.95. The van der Waals surface area contributed by atoms with Gasteiger partial charge in [0.25, 0.3) is 0 Å². The fourth-order valence-electron chi connectivity index (χ4n) is 3.32. The summed E-state index contributed by atoms with van der Waals surface area (Å²) in [4.78, 5) is 0. The van der Waals surface area contributed by atoms with E-state index in [0.717, 1.165) is 11.5 Å². The first-order chi connectivity index (χ1) is 9.20. The molecule has 1 atom stereocenters. The minimum atomic E-state index is 0.230. The molecule has 0 amide bonds. The van der Waals surface area contributed by atoms with Crippen molar-refractivity contribution in [2.45, 2.75) is 64.5 Å². The molecule has 19 heavy (non-hydrogen) atoms. The van der Waals surface area contributed by atoms with Crippen molar-refractivity contribution in [3.63, 3.8) is 0 Å². The van der Waals surface area contributed by atoms with E-state index in [1.807, 2.05) is 18.2 Å². The molecule has 0 radical (unpaired) electrons. The first-order valence-electron chi connectivity index (χ1n) is 7.74. The predicted octanol–water partition coefficient (Wildman–Crippen LogP) is 4.40. The van der Waals surface area contributed by atoms with Crippen LogP contribution in [0.2, 0.25) is 0 Å². The number of phenols is 1. The molecule has 2 heteroatoms. The molecule has 0 heterocycles. The summed E-state index contributed by atoms with van der Waals surface area (Å²) in [5, 5.41) is 13.6. The second kappa shape index (κ2) is 6.95. The molecule has 1 aromatic rings. The highest BCUT2D eigenvalue weighted by Crippen LogP contribution is 2.30. The Bertz CT molecular complexity index is 383. The molecule has 2 nitrogen and oxygen atoms in total. The number of benzene rings is 1. The monoisotopic (exact) mass is 261 g/mol. The standard InChI is InChI=1S/C17H27NO/c1-3-6-14-9-11-15(12-10-14)18-13(2)16-7-4-5-8-17(16)19/h4-5,7-8,13-15,18-19H,3,6,9-12H2,1-2H3. The highest BCUT2D eigenvalue weighted by atomic mass is 16.3. The van der Waals surface area contributed by atoms with Crippen LogP contribution < -0.4 is 5.32 Å². The van der Waals surface area contributed by atoms with Crippen molar-refractivity contribution >= 4 is 0 Å². The maximum Gasteiger partial charge on any atom is 0.120 e. The van der Waals surface area contributed by atoms with Crippen molar-refractivity contribution in [3.8, 4) is 5.75 Å². The molecule has 1 aliphatic carbocycles. The summed E-state index contributed by atoms with van der Waals surface area (Å²) in [6.07, 6.45) is 7.99. The van der Waals surface area contributed by atoms with Gasteiger partial charge in [-0.3, -0.25) is 0 Å². The third-order valence-corrected chi connectivity index (χ3v) is 4.43. The Morgan fingerprint density at radius 3 is 2.53 bits per heavy atom. The Balaban J connectivity index is 1.84. The summed E-state index contributed by atoms with van der Waals surface area (Å²) in [5.41, 5.74) is 1.01. The van der Waals surface area contributed by atoms with E-state index in [-0.39, 0.29) is 6.04 Å².